The predicted molar refractivity (Wildman–Crippen MR) is 126 cm³/mol. The molecule has 1 aliphatic carbocycles. The number of carbonyl (C=O) groups excluding carboxylic acids is 1. The lowest BCUT2D eigenvalue weighted by Gasteiger charge is -2.11. The van der Waals surface area contributed by atoms with Crippen LogP contribution in [0, 0.1) is 0 Å². The molecule has 5 heteroatoms. The summed E-state index contributed by atoms with van der Waals surface area (Å²) in [6.45, 7) is 0.735. The summed E-state index contributed by atoms with van der Waals surface area (Å²) in [5.41, 5.74) is 12.1. The fourth-order valence-corrected chi connectivity index (χ4v) is 3.83. The Kier molecular flexibility index (Phi) is 6.20. The fraction of sp³-hybridized carbons (Fsp3) is 0.120. The highest BCUT2D eigenvalue weighted by Gasteiger charge is 2.22. The number of aryl methyl sites for hydroxylation is 1. The van der Waals surface area contributed by atoms with E-state index in [0.29, 0.717) is 5.11 Å². The molecule has 3 aromatic carbocycles. The lowest BCUT2D eigenvalue weighted by atomic mass is 10.0. The lowest BCUT2D eigenvalue weighted by molar-refractivity contribution is -0.117. The van der Waals surface area contributed by atoms with Gasteiger partial charge in [-0.15, -0.1) is 0 Å². The van der Waals surface area contributed by atoms with Crippen LogP contribution < -0.4 is 16.2 Å². The van der Waals surface area contributed by atoms with Gasteiger partial charge in [0.15, 0.2) is 5.11 Å². The Morgan fingerprint density at radius 3 is 1.97 bits per heavy atom. The topological polar surface area (TPSA) is 53.2 Å². The van der Waals surface area contributed by atoms with Gasteiger partial charge >= 0.3 is 0 Å². The number of nitrogens with one attached hydrogen (secondary N) is 3. The molecule has 0 fully saturated rings. The van der Waals surface area contributed by atoms with E-state index in [0.717, 1.165) is 47.2 Å². The van der Waals surface area contributed by atoms with Crippen molar-refractivity contribution in [3.8, 4) is 11.1 Å². The highest BCUT2D eigenvalue weighted by molar-refractivity contribution is 7.80. The first-order valence-electron chi connectivity index (χ1n) is 10.0. The van der Waals surface area contributed by atoms with Gasteiger partial charge in [-0.05, 0) is 58.4 Å². The van der Waals surface area contributed by atoms with Gasteiger partial charge in [-0.25, -0.2) is 0 Å². The standard InChI is InChI=1S/C25H23N3OS/c29-24(27-28-25(30)26-16-8-11-18-9-2-1-3-10-18)17-23-21-14-6-4-12-19(21)20-13-5-7-15-22(20)23/h1-7,9-10,12-15,17H,8,11,16H2,(H,27,29)(H2,26,28,30). The first-order valence-corrected chi connectivity index (χ1v) is 10.4. The minimum atomic E-state index is -0.245. The Morgan fingerprint density at radius 1 is 0.767 bits per heavy atom. The van der Waals surface area contributed by atoms with E-state index in [1.165, 1.54) is 5.56 Å². The van der Waals surface area contributed by atoms with Crippen LogP contribution in [0.1, 0.15) is 23.1 Å². The van der Waals surface area contributed by atoms with Crippen molar-refractivity contribution in [2.45, 2.75) is 12.8 Å². The number of rotatable bonds is 5. The van der Waals surface area contributed by atoms with Crippen LogP contribution >= 0.6 is 12.2 Å². The van der Waals surface area contributed by atoms with Crippen LogP contribution in [0.5, 0.6) is 0 Å². The molecule has 1 aliphatic rings. The van der Waals surface area contributed by atoms with Crippen molar-refractivity contribution in [3.05, 3.63) is 102 Å². The number of fused-ring (bicyclic) bond motifs is 3. The largest absolute Gasteiger partial charge is 0.361 e. The number of benzene rings is 3. The number of hydrogen-bond donors (Lipinski definition) is 3. The third kappa shape index (κ3) is 4.58. The fourth-order valence-electron chi connectivity index (χ4n) is 3.68. The third-order valence-corrected chi connectivity index (χ3v) is 5.32. The second-order valence-electron chi connectivity index (χ2n) is 7.11. The summed E-state index contributed by atoms with van der Waals surface area (Å²) >= 11 is 5.25. The van der Waals surface area contributed by atoms with Crippen LogP contribution in [0.4, 0.5) is 0 Å². The van der Waals surface area contributed by atoms with Crippen LogP contribution in [0.2, 0.25) is 0 Å². The minimum absolute atomic E-state index is 0.245. The Labute approximate surface area is 182 Å². The maximum Gasteiger partial charge on any atom is 0.263 e. The second kappa shape index (κ2) is 9.37. The van der Waals surface area contributed by atoms with Crippen LogP contribution in [-0.2, 0) is 11.2 Å². The molecule has 0 unspecified atom stereocenters. The number of thiocarbonyl (C=S) groups is 1. The minimum Gasteiger partial charge on any atom is -0.361 e. The van der Waals surface area contributed by atoms with Crippen molar-refractivity contribution >= 4 is 28.8 Å². The van der Waals surface area contributed by atoms with E-state index in [9.17, 15) is 4.79 Å². The van der Waals surface area contributed by atoms with E-state index in [1.54, 1.807) is 6.08 Å². The van der Waals surface area contributed by atoms with Crippen molar-refractivity contribution in [2.75, 3.05) is 6.54 Å². The van der Waals surface area contributed by atoms with Crippen LogP contribution in [-0.4, -0.2) is 17.6 Å². The van der Waals surface area contributed by atoms with E-state index in [2.05, 4.69) is 40.4 Å². The van der Waals surface area contributed by atoms with Gasteiger partial charge in [-0.2, -0.15) is 0 Å². The molecule has 0 heterocycles. The molecule has 0 aliphatic heterocycles. The van der Waals surface area contributed by atoms with E-state index in [4.69, 9.17) is 12.2 Å². The molecule has 3 N–H and O–H groups in total. The van der Waals surface area contributed by atoms with Crippen molar-refractivity contribution in [2.24, 2.45) is 0 Å². The van der Waals surface area contributed by atoms with Gasteiger partial charge in [0.1, 0.15) is 0 Å². The quantitative estimate of drug-likeness (QED) is 0.198. The molecule has 0 spiro atoms. The van der Waals surface area contributed by atoms with Crippen LogP contribution in [0.3, 0.4) is 0 Å². The zero-order valence-electron chi connectivity index (χ0n) is 16.5. The number of carbonyl (C=O) groups is 1. The smallest absolute Gasteiger partial charge is 0.263 e. The molecule has 30 heavy (non-hydrogen) atoms. The molecule has 1 amide bonds. The molecule has 4 rings (SSSR count). The summed E-state index contributed by atoms with van der Waals surface area (Å²) in [7, 11) is 0. The summed E-state index contributed by atoms with van der Waals surface area (Å²) in [6.07, 6.45) is 3.56. The van der Waals surface area contributed by atoms with Crippen LogP contribution in [0.25, 0.3) is 16.7 Å². The Hall–Kier alpha value is -3.44. The molecule has 0 aromatic heterocycles. The molecule has 3 aromatic rings. The first-order chi connectivity index (χ1) is 14.7. The lowest BCUT2D eigenvalue weighted by Crippen LogP contribution is -2.46. The van der Waals surface area contributed by atoms with Gasteiger partial charge in [0.05, 0.1) is 0 Å². The molecule has 4 nitrogen and oxygen atoms in total. The van der Waals surface area contributed by atoms with Gasteiger partial charge in [0.25, 0.3) is 5.91 Å². The zero-order chi connectivity index (χ0) is 20.8. The summed E-state index contributed by atoms with van der Waals surface area (Å²) in [5, 5.41) is 3.52. The third-order valence-electron chi connectivity index (χ3n) is 5.07. The molecule has 0 saturated heterocycles. The molecule has 0 atom stereocenters. The summed E-state index contributed by atoms with van der Waals surface area (Å²) in [6, 6.07) is 26.6. The van der Waals surface area contributed by atoms with Crippen molar-refractivity contribution in [1.29, 1.82) is 0 Å². The summed E-state index contributed by atoms with van der Waals surface area (Å²) < 4.78 is 0. The molecular formula is C25H23N3OS. The van der Waals surface area contributed by atoms with Gasteiger partial charge in [0, 0.05) is 12.6 Å². The first kappa shape index (κ1) is 19.9. The van der Waals surface area contributed by atoms with Gasteiger partial charge < -0.3 is 5.32 Å². The molecule has 0 saturated carbocycles. The summed E-state index contributed by atoms with van der Waals surface area (Å²) in [4.78, 5) is 12.5. The van der Waals surface area contributed by atoms with Crippen molar-refractivity contribution in [1.82, 2.24) is 16.2 Å². The van der Waals surface area contributed by atoms with Gasteiger partial charge in [0.2, 0.25) is 0 Å². The summed E-state index contributed by atoms with van der Waals surface area (Å²) in [5.74, 6) is -0.245. The number of amides is 1. The SMILES string of the molecule is O=C(C=C1c2ccccc2-c2ccccc21)NNC(=S)NCCCc1ccccc1. The Bertz CT molecular complexity index is 1040. The maximum absolute atomic E-state index is 12.5. The molecule has 150 valence electrons. The van der Waals surface area contributed by atoms with Gasteiger partial charge in [-0.3, -0.25) is 15.6 Å². The number of hydrogen-bond acceptors (Lipinski definition) is 2. The van der Waals surface area contributed by atoms with E-state index >= 15 is 0 Å². The van der Waals surface area contributed by atoms with E-state index in [1.807, 2.05) is 54.6 Å². The second-order valence-corrected chi connectivity index (χ2v) is 7.52. The zero-order valence-corrected chi connectivity index (χ0v) is 17.3. The predicted octanol–water partition coefficient (Wildman–Crippen LogP) is 4.23. The van der Waals surface area contributed by atoms with Crippen molar-refractivity contribution < 1.29 is 4.79 Å². The number of hydrazine groups is 1. The van der Waals surface area contributed by atoms with Crippen molar-refractivity contribution in [3.63, 3.8) is 0 Å². The Morgan fingerprint density at radius 2 is 1.33 bits per heavy atom. The van der Waals surface area contributed by atoms with E-state index < -0.39 is 0 Å². The monoisotopic (exact) mass is 413 g/mol. The average molecular weight is 414 g/mol. The van der Waals surface area contributed by atoms with Crippen LogP contribution in [0.15, 0.2) is 84.9 Å². The van der Waals surface area contributed by atoms with E-state index in [-0.39, 0.29) is 5.91 Å². The molecule has 0 bridgehead atoms. The molecular weight excluding hydrogens is 390 g/mol. The maximum atomic E-state index is 12.5. The average Bonchev–Trinajstić information content (AvgIpc) is 3.10. The molecule has 0 radical (unpaired) electrons. The Balaban J connectivity index is 1.30. The highest BCUT2D eigenvalue weighted by atomic mass is 32.1. The normalized spacial score (nSPS) is 11.3. The van der Waals surface area contributed by atoms with Gasteiger partial charge in [-0.1, -0.05) is 78.9 Å². The highest BCUT2D eigenvalue weighted by Crippen LogP contribution is 2.43.